The number of primary amides is 1. The molecule has 2 N–H and O–H groups in total. The van der Waals surface area contributed by atoms with E-state index in [2.05, 4.69) is 15.9 Å². The maximum atomic E-state index is 11.9. The van der Waals surface area contributed by atoms with Crippen LogP contribution in [0.15, 0.2) is 0 Å². The predicted molar refractivity (Wildman–Crippen MR) is 73.5 cm³/mol. The summed E-state index contributed by atoms with van der Waals surface area (Å²) in [5.41, 5.74) is 5.10. The summed E-state index contributed by atoms with van der Waals surface area (Å²) in [4.78, 5) is 22.5. The Morgan fingerprint density at radius 3 is 2.37 bits per heavy atom. The highest BCUT2D eigenvalue weighted by molar-refractivity contribution is 9.10. The van der Waals surface area contributed by atoms with Gasteiger partial charge in [-0.05, 0) is 55.8 Å². The molecule has 106 valence electrons. The summed E-state index contributed by atoms with van der Waals surface area (Å²) in [6.07, 6.45) is 7.62. The topological polar surface area (TPSA) is 69.4 Å². The molecule has 1 amide bonds. The van der Waals surface area contributed by atoms with E-state index in [1.165, 1.54) is 19.3 Å². The van der Waals surface area contributed by atoms with E-state index in [1.807, 2.05) is 0 Å². The maximum Gasteiger partial charge on any atom is 0.306 e. The van der Waals surface area contributed by atoms with Gasteiger partial charge in [0.2, 0.25) is 0 Å². The molecule has 4 rings (SSSR count). The van der Waals surface area contributed by atoms with Crippen molar-refractivity contribution in [2.75, 3.05) is 6.61 Å². The molecular formula is C14H20BrNO3. The van der Waals surface area contributed by atoms with Gasteiger partial charge in [-0.25, -0.2) is 0 Å². The van der Waals surface area contributed by atoms with Crippen molar-refractivity contribution in [3.63, 3.8) is 0 Å². The van der Waals surface area contributed by atoms with Crippen molar-refractivity contribution in [3.05, 3.63) is 0 Å². The molecule has 4 nitrogen and oxygen atoms in total. The fourth-order valence-electron chi connectivity index (χ4n) is 5.05. The summed E-state index contributed by atoms with van der Waals surface area (Å²) < 4.78 is 5.20. The Hall–Kier alpha value is -0.580. The predicted octanol–water partition coefficient (Wildman–Crippen LogP) is 2.14. The second-order valence-electron chi connectivity index (χ2n) is 6.92. The molecule has 0 aromatic carbocycles. The summed E-state index contributed by atoms with van der Waals surface area (Å²) in [5, 5.41) is 0. The molecular weight excluding hydrogens is 310 g/mol. The molecule has 0 heterocycles. The van der Waals surface area contributed by atoms with Crippen LogP contribution >= 0.6 is 15.9 Å². The van der Waals surface area contributed by atoms with Crippen LogP contribution in [-0.2, 0) is 14.3 Å². The largest absolute Gasteiger partial charge is 0.456 e. The van der Waals surface area contributed by atoms with Gasteiger partial charge in [-0.1, -0.05) is 15.9 Å². The van der Waals surface area contributed by atoms with Gasteiger partial charge in [0.15, 0.2) is 6.61 Å². The van der Waals surface area contributed by atoms with Crippen LogP contribution in [0, 0.1) is 17.3 Å². The van der Waals surface area contributed by atoms with Gasteiger partial charge in [-0.15, -0.1) is 0 Å². The van der Waals surface area contributed by atoms with E-state index in [0.29, 0.717) is 6.42 Å². The van der Waals surface area contributed by atoms with Crippen molar-refractivity contribution < 1.29 is 14.3 Å². The number of amides is 1. The lowest BCUT2D eigenvalue weighted by Gasteiger charge is -2.60. The number of carbonyl (C=O) groups excluding carboxylic acids is 2. The van der Waals surface area contributed by atoms with E-state index in [9.17, 15) is 9.59 Å². The Morgan fingerprint density at radius 2 is 1.84 bits per heavy atom. The van der Waals surface area contributed by atoms with Crippen molar-refractivity contribution in [2.45, 2.75) is 49.3 Å². The van der Waals surface area contributed by atoms with Crippen LogP contribution in [0.3, 0.4) is 0 Å². The number of carbonyl (C=O) groups is 2. The van der Waals surface area contributed by atoms with E-state index < -0.39 is 5.91 Å². The van der Waals surface area contributed by atoms with Gasteiger partial charge < -0.3 is 10.5 Å². The minimum absolute atomic E-state index is 0.0995. The minimum atomic E-state index is -0.587. The molecule has 0 aliphatic heterocycles. The average molecular weight is 330 g/mol. The second-order valence-corrected chi connectivity index (χ2v) is 8.60. The quantitative estimate of drug-likeness (QED) is 0.634. The van der Waals surface area contributed by atoms with Gasteiger partial charge >= 0.3 is 5.97 Å². The molecule has 4 aliphatic rings. The van der Waals surface area contributed by atoms with Crippen LogP contribution < -0.4 is 5.73 Å². The lowest BCUT2D eigenvalue weighted by atomic mass is 9.49. The molecule has 4 fully saturated rings. The van der Waals surface area contributed by atoms with Crippen molar-refractivity contribution in [1.82, 2.24) is 0 Å². The third kappa shape index (κ3) is 2.67. The lowest BCUT2D eigenvalue weighted by Crippen LogP contribution is -2.53. The van der Waals surface area contributed by atoms with E-state index in [-0.39, 0.29) is 22.3 Å². The number of hydrogen-bond donors (Lipinski definition) is 1. The average Bonchev–Trinajstić information content (AvgIpc) is 2.21. The van der Waals surface area contributed by atoms with E-state index >= 15 is 0 Å². The van der Waals surface area contributed by atoms with Gasteiger partial charge in [0, 0.05) is 4.32 Å². The fourth-order valence-corrected chi connectivity index (χ4v) is 6.56. The number of hydrogen-bond acceptors (Lipinski definition) is 3. The number of nitrogens with two attached hydrogens (primary N) is 1. The van der Waals surface area contributed by atoms with E-state index in [4.69, 9.17) is 10.5 Å². The number of rotatable bonds is 4. The third-order valence-electron chi connectivity index (χ3n) is 5.01. The molecule has 4 aliphatic carbocycles. The number of alkyl halides is 1. The lowest BCUT2D eigenvalue weighted by molar-refractivity contribution is -0.154. The van der Waals surface area contributed by atoms with Crippen LogP contribution in [-0.4, -0.2) is 22.8 Å². The first-order chi connectivity index (χ1) is 8.88. The molecule has 4 saturated carbocycles. The highest BCUT2D eigenvalue weighted by Crippen LogP contribution is 2.65. The molecule has 5 heteroatoms. The molecule has 0 spiro atoms. The number of halogens is 1. The van der Waals surface area contributed by atoms with Crippen LogP contribution in [0.5, 0.6) is 0 Å². The smallest absolute Gasteiger partial charge is 0.306 e. The Labute approximate surface area is 121 Å². The highest BCUT2D eigenvalue weighted by Gasteiger charge is 2.57. The van der Waals surface area contributed by atoms with Crippen LogP contribution in [0.25, 0.3) is 0 Å². The summed E-state index contributed by atoms with van der Waals surface area (Å²) in [5.74, 6) is 0.654. The highest BCUT2D eigenvalue weighted by atomic mass is 79.9. The zero-order valence-corrected chi connectivity index (χ0v) is 12.6. The summed E-state index contributed by atoms with van der Waals surface area (Å²) >= 11 is 3.92. The first kappa shape index (κ1) is 13.4. The summed E-state index contributed by atoms with van der Waals surface area (Å²) in [6.45, 7) is -0.290. The first-order valence-corrected chi connectivity index (χ1v) is 7.80. The zero-order valence-electron chi connectivity index (χ0n) is 11.0. The minimum Gasteiger partial charge on any atom is -0.456 e. The van der Waals surface area contributed by atoms with Crippen molar-refractivity contribution in [1.29, 1.82) is 0 Å². The molecule has 2 atom stereocenters. The monoisotopic (exact) mass is 329 g/mol. The molecule has 0 saturated heterocycles. The van der Waals surface area contributed by atoms with Gasteiger partial charge in [0.1, 0.15) is 0 Å². The van der Waals surface area contributed by atoms with Crippen molar-refractivity contribution in [3.8, 4) is 0 Å². The molecule has 0 radical (unpaired) electrons. The summed E-state index contributed by atoms with van der Waals surface area (Å²) in [6, 6.07) is 0. The number of ether oxygens (including phenoxy) is 1. The molecule has 0 aromatic rings. The molecule has 0 aromatic heterocycles. The zero-order chi connectivity index (χ0) is 13.7. The first-order valence-electron chi connectivity index (χ1n) is 7.01. The van der Waals surface area contributed by atoms with Crippen LogP contribution in [0.2, 0.25) is 0 Å². The van der Waals surface area contributed by atoms with E-state index in [0.717, 1.165) is 31.1 Å². The molecule has 4 bridgehead atoms. The number of esters is 1. The maximum absolute atomic E-state index is 11.9. The van der Waals surface area contributed by atoms with Crippen LogP contribution in [0.1, 0.15) is 44.9 Å². The summed E-state index contributed by atoms with van der Waals surface area (Å²) in [7, 11) is 0. The van der Waals surface area contributed by atoms with Crippen molar-refractivity contribution in [2.24, 2.45) is 23.0 Å². The molecule has 19 heavy (non-hydrogen) atoms. The fraction of sp³-hybridized carbons (Fsp3) is 0.857. The van der Waals surface area contributed by atoms with Crippen LogP contribution in [0.4, 0.5) is 0 Å². The van der Waals surface area contributed by atoms with Gasteiger partial charge in [0.05, 0.1) is 6.42 Å². The Morgan fingerprint density at radius 1 is 1.21 bits per heavy atom. The standard InChI is InChI=1S/C14H20BrNO3/c15-14-4-9-1-10(5-14)3-13(2-9,8-14)6-12(18)19-7-11(16)17/h9-10H,1-8H2,(H2,16,17)/t9-,10-,13?,14?/m1/s1. The Bertz CT molecular complexity index is 409. The Kier molecular flexibility index (Phi) is 3.15. The second kappa shape index (κ2) is 4.47. The van der Waals surface area contributed by atoms with Gasteiger partial charge in [0.25, 0.3) is 5.91 Å². The normalized spacial score (nSPS) is 43.2. The Balaban J connectivity index is 1.67. The van der Waals surface area contributed by atoms with Gasteiger partial charge in [-0.3, -0.25) is 9.59 Å². The van der Waals surface area contributed by atoms with Gasteiger partial charge in [-0.2, -0.15) is 0 Å². The molecule has 0 unspecified atom stereocenters. The third-order valence-corrected chi connectivity index (χ3v) is 5.93. The SMILES string of the molecule is NC(=O)COC(=O)CC12C[C@H]3C[C@@H](CC(Br)(C3)C1)C2. The van der Waals surface area contributed by atoms with E-state index in [1.54, 1.807) is 0 Å². The van der Waals surface area contributed by atoms with Crippen molar-refractivity contribution >= 4 is 27.8 Å².